The zero-order valence-electron chi connectivity index (χ0n) is 13.5. The van der Waals surface area contributed by atoms with Crippen molar-refractivity contribution >= 4 is 58.0 Å². The zero-order chi connectivity index (χ0) is 16.8. The summed E-state index contributed by atoms with van der Waals surface area (Å²) in [5.74, 6) is 0.967. The highest BCUT2D eigenvalue weighted by Crippen LogP contribution is 2.20. The Kier molecular flexibility index (Phi) is 7.97. The van der Waals surface area contributed by atoms with Crippen LogP contribution in [0.2, 0.25) is 5.02 Å². The number of halogens is 2. The minimum atomic E-state index is 0. The minimum Gasteiger partial charge on any atom is -0.475 e. The van der Waals surface area contributed by atoms with E-state index in [0.29, 0.717) is 30.0 Å². The molecule has 0 spiro atoms. The molecule has 0 unspecified atom stereocenters. The molecular formula is C15H20ClIN6OS. The first-order valence-corrected chi connectivity index (χ1v) is 8.92. The van der Waals surface area contributed by atoms with Gasteiger partial charge in [0.2, 0.25) is 5.88 Å². The molecule has 2 aromatic rings. The molecule has 2 N–H and O–H groups in total. The number of pyridine rings is 1. The summed E-state index contributed by atoms with van der Waals surface area (Å²) >= 11 is 7.63. The van der Waals surface area contributed by atoms with E-state index in [9.17, 15) is 0 Å². The first-order valence-electron chi connectivity index (χ1n) is 7.66. The Bertz CT molecular complexity index is 678. The number of ether oxygens (including phenoxy) is 1. The van der Waals surface area contributed by atoms with Crippen LogP contribution in [0.1, 0.15) is 0 Å². The lowest BCUT2D eigenvalue weighted by Gasteiger charge is -2.35. The van der Waals surface area contributed by atoms with Gasteiger partial charge in [-0.05, 0) is 12.1 Å². The molecule has 0 saturated carbocycles. The molecule has 0 amide bonds. The van der Waals surface area contributed by atoms with E-state index in [4.69, 9.17) is 22.1 Å². The largest absolute Gasteiger partial charge is 0.475 e. The first-order chi connectivity index (χ1) is 11.7. The van der Waals surface area contributed by atoms with Gasteiger partial charge in [-0.2, -0.15) is 0 Å². The summed E-state index contributed by atoms with van der Waals surface area (Å²) in [7, 11) is 0. The van der Waals surface area contributed by atoms with Gasteiger partial charge in [-0.1, -0.05) is 11.6 Å². The van der Waals surface area contributed by atoms with Gasteiger partial charge < -0.3 is 20.3 Å². The number of nitrogens with zero attached hydrogens (tertiary/aromatic N) is 5. The van der Waals surface area contributed by atoms with Crippen LogP contribution in [-0.2, 0) is 0 Å². The SMILES string of the molecule is I.NC(=NCCOc1ncccc1Cl)N1CCN(c2nccs2)CC1. The topological polar surface area (TPSA) is 79.9 Å². The van der Waals surface area contributed by atoms with Gasteiger partial charge in [0.15, 0.2) is 11.1 Å². The Balaban J connectivity index is 0.00000225. The first kappa shape index (κ1) is 20.0. The van der Waals surface area contributed by atoms with E-state index in [1.807, 2.05) is 11.6 Å². The van der Waals surface area contributed by atoms with Gasteiger partial charge in [0.25, 0.3) is 0 Å². The van der Waals surface area contributed by atoms with E-state index in [0.717, 1.165) is 31.3 Å². The predicted octanol–water partition coefficient (Wildman–Crippen LogP) is 2.33. The molecule has 0 aromatic carbocycles. The fourth-order valence-corrected chi connectivity index (χ4v) is 3.25. The highest BCUT2D eigenvalue weighted by Gasteiger charge is 2.19. The number of anilines is 1. The summed E-state index contributed by atoms with van der Waals surface area (Å²) in [4.78, 5) is 17.1. The number of hydrogen-bond acceptors (Lipinski definition) is 6. The van der Waals surface area contributed by atoms with Crippen molar-refractivity contribution < 1.29 is 4.74 Å². The molecular weight excluding hydrogens is 475 g/mol. The lowest BCUT2D eigenvalue weighted by atomic mass is 10.3. The van der Waals surface area contributed by atoms with Crippen LogP contribution < -0.4 is 15.4 Å². The normalized spacial score (nSPS) is 15.0. The molecule has 136 valence electrons. The third kappa shape index (κ3) is 5.58. The van der Waals surface area contributed by atoms with Gasteiger partial charge in [-0.25, -0.2) is 15.0 Å². The monoisotopic (exact) mass is 494 g/mol. The molecule has 0 bridgehead atoms. The van der Waals surface area contributed by atoms with Crippen LogP contribution >= 0.6 is 46.9 Å². The average molecular weight is 495 g/mol. The van der Waals surface area contributed by atoms with E-state index < -0.39 is 0 Å². The Morgan fingerprint density at radius 3 is 2.76 bits per heavy atom. The van der Waals surface area contributed by atoms with Crippen LogP contribution in [0, 0.1) is 0 Å². The van der Waals surface area contributed by atoms with E-state index in [-0.39, 0.29) is 24.0 Å². The molecule has 25 heavy (non-hydrogen) atoms. The number of aromatic nitrogens is 2. The highest BCUT2D eigenvalue weighted by molar-refractivity contribution is 14.0. The Morgan fingerprint density at radius 2 is 2.08 bits per heavy atom. The van der Waals surface area contributed by atoms with Gasteiger partial charge in [0, 0.05) is 44.0 Å². The Hall–Kier alpha value is -1.33. The lowest BCUT2D eigenvalue weighted by Crippen LogP contribution is -2.51. The van der Waals surface area contributed by atoms with Crippen molar-refractivity contribution in [3.8, 4) is 5.88 Å². The molecule has 0 radical (unpaired) electrons. The average Bonchev–Trinajstić information content (AvgIpc) is 3.15. The Labute approximate surface area is 172 Å². The zero-order valence-corrected chi connectivity index (χ0v) is 17.4. The molecule has 1 aliphatic heterocycles. The third-order valence-corrected chi connectivity index (χ3v) is 4.74. The van der Waals surface area contributed by atoms with Gasteiger partial charge in [-0.15, -0.1) is 35.3 Å². The van der Waals surface area contributed by atoms with Crippen LogP contribution in [0.15, 0.2) is 34.9 Å². The second-order valence-corrected chi connectivity index (χ2v) is 6.45. The number of aliphatic imine (C=N–C) groups is 1. The van der Waals surface area contributed by atoms with E-state index in [2.05, 4.69) is 24.8 Å². The van der Waals surface area contributed by atoms with Crippen molar-refractivity contribution in [2.24, 2.45) is 10.7 Å². The number of rotatable bonds is 5. The maximum Gasteiger partial charge on any atom is 0.232 e. The number of thiazole rings is 1. The molecule has 2 aromatic heterocycles. The van der Waals surface area contributed by atoms with Gasteiger partial charge >= 0.3 is 0 Å². The summed E-state index contributed by atoms with van der Waals surface area (Å²) in [5, 5.41) is 3.55. The van der Waals surface area contributed by atoms with Crippen LogP contribution in [-0.4, -0.2) is 60.2 Å². The molecule has 3 rings (SSSR count). The maximum absolute atomic E-state index is 6.07. The molecule has 0 aliphatic carbocycles. The van der Waals surface area contributed by atoms with Crippen molar-refractivity contribution in [2.45, 2.75) is 0 Å². The number of hydrogen-bond donors (Lipinski definition) is 1. The lowest BCUT2D eigenvalue weighted by molar-refractivity contribution is 0.314. The number of piperazine rings is 1. The summed E-state index contributed by atoms with van der Waals surface area (Å²) < 4.78 is 5.50. The minimum absolute atomic E-state index is 0. The molecule has 1 fully saturated rings. The number of guanidine groups is 1. The maximum atomic E-state index is 6.07. The molecule has 3 heterocycles. The molecule has 7 nitrogen and oxygen atoms in total. The van der Waals surface area contributed by atoms with Crippen LogP contribution in [0.5, 0.6) is 5.88 Å². The summed E-state index contributed by atoms with van der Waals surface area (Å²) in [6, 6.07) is 3.50. The van der Waals surface area contributed by atoms with E-state index in [1.54, 1.807) is 29.7 Å². The molecule has 10 heteroatoms. The summed E-state index contributed by atoms with van der Waals surface area (Å²) in [6.45, 7) is 4.30. The standard InChI is InChI=1S/C15H19ClN6OS.HI/c16-12-2-1-3-18-13(12)23-10-4-19-14(17)21-6-8-22(9-7-21)15-20-5-11-24-15;/h1-3,5,11H,4,6-10H2,(H2,17,19);1H. The van der Waals surface area contributed by atoms with Crippen LogP contribution in [0.3, 0.4) is 0 Å². The third-order valence-electron chi connectivity index (χ3n) is 3.62. The van der Waals surface area contributed by atoms with Crippen LogP contribution in [0.25, 0.3) is 0 Å². The van der Waals surface area contributed by atoms with Crippen LogP contribution in [0.4, 0.5) is 5.13 Å². The summed E-state index contributed by atoms with van der Waals surface area (Å²) in [5.41, 5.74) is 6.07. The fraction of sp³-hybridized carbons (Fsp3) is 0.400. The van der Waals surface area contributed by atoms with Gasteiger partial charge in [0.05, 0.1) is 6.54 Å². The van der Waals surface area contributed by atoms with Gasteiger partial charge in [0.1, 0.15) is 11.6 Å². The molecule has 1 aliphatic rings. The number of nitrogens with two attached hydrogens (primary N) is 1. The molecule has 1 saturated heterocycles. The highest BCUT2D eigenvalue weighted by atomic mass is 127. The Morgan fingerprint density at radius 1 is 1.28 bits per heavy atom. The van der Waals surface area contributed by atoms with Crippen molar-refractivity contribution in [1.82, 2.24) is 14.9 Å². The van der Waals surface area contributed by atoms with Crippen molar-refractivity contribution in [3.63, 3.8) is 0 Å². The van der Waals surface area contributed by atoms with Crippen molar-refractivity contribution in [2.75, 3.05) is 44.2 Å². The van der Waals surface area contributed by atoms with E-state index >= 15 is 0 Å². The second kappa shape index (κ2) is 9.97. The van der Waals surface area contributed by atoms with Crippen molar-refractivity contribution in [1.29, 1.82) is 0 Å². The molecule has 0 atom stereocenters. The smallest absolute Gasteiger partial charge is 0.232 e. The van der Waals surface area contributed by atoms with Crippen molar-refractivity contribution in [3.05, 3.63) is 34.9 Å². The quantitative estimate of drug-likeness (QED) is 0.297. The summed E-state index contributed by atoms with van der Waals surface area (Å²) in [6.07, 6.45) is 3.47. The predicted molar refractivity (Wildman–Crippen MR) is 113 cm³/mol. The van der Waals surface area contributed by atoms with Gasteiger partial charge in [-0.3, -0.25) is 0 Å². The van der Waals surface area contributed by atoms with E-state index in [1.165, 1.54) is 0 Å². The second-order valence-electron chi connectivity index (χ2n) is 5.17. The fourth-order valence-electron chi connectivity index (χ4n) is 2.38.